The molecule has 14 heteroatoms. The second-order valence-electron chi connectivity index (χ2n) is 15.4. The van der Waals surface area contributed by atoms with Crippen molar-refractivity contribution in [3.8, 4) is 0 Å². The molecule has 2 aliphatic rings. The summed E-state index contributed by atoms with van der Waals surface area (Å²) in [7, 11) is 0. The van der Waals surface area contributed by atoms with Crippen molar-refractivity contribution in [2.24, 2.45) is 0 Å². The minimum Gasteiger partial charge on any atom is -0.481 e. The van der Waals surface area contributed by atoms with Crippen LogP contribution in [0.3, 0.4) is 0 Å². The number of rotatable bonds is 18. The van der Waals surface area contributed by atoms with Crippen LogP contribution in [0.1, 0.15) is 50.7 Å². The summed E-state index contributed by atoms with van der Waals surface area (Å²) in [6, 6.07) is 20.8. The van der Waals surface area contributed by atoms with Crippen molar-refractivity contribution in [2.75, 3.05) is 18.0 Å². The van der Waals surface area contributed by atoms with Gasteiger partial charge < -0.3 is 36.0 Å². The van der Waals surface area contributed by atoms with E-state index < -0.39 is 66.0 Å². The summed E-state index contributed by atoms with van der Waals surface area (Å²) < 4.78 is 1.94. The molecule has 0 bridgehead atoms. The van der Waals surface area contributed by atoms with E-state index in [0.29, 0.717) is 0 Å². The number of hydrogen-bond acceptors (Lipinski definition) is 7. The Morgan fingerprint density at radius 1 is 0.710 bits per heavy atom. The van der Waals surface area contributed by atoms with E-state index in [1.165, 1.54) is 0 Å². The number of nitrogens with one attached hydrogen (secondary N) is 2. The van der Waals surface area contributed by atoms with Gasteiger partial charge in [-0.2, -0.15) is 4.58 Å². The Morgan fingerprint density at radius 3 is 1.89 bits per heavy atom. The van der Waals surface area contributed by atoms with Gasteiger partial charge in [0.15, 0.2) is 6.54 Å². The predicted molar refractivity (Wildman–Crippen MR) is 235 cm³/mol. The quantitative estimate of drug-likeness (QED) is 0.0482. The maximum Gasteiger partial charge on any atom is 0.326 e. The standard InChI is InChI=1S/C48H46N4O10/c1-29-36(51(25-23-40(53)49-34(46(59)60)27-42(55)56)37-21-19-30-13-9-11-15-32(30)44(29)37)17-7-5-4-6-8-18-39-48(2,3)45-33-16-12-10-14-31(33)20-22-38(45)52(39)26-24-41(54)50-35(47(61)62)28-43(57)58/h4-22,34-35H,1,23-28H2,2-3H3,(H5-,49,50,53,54,55,56,57,58,59,60,61,62)/p+1. The van der Waals surface area contributed by atoms with Crippen molar-refractivity contribution in [3.05, 3.63) is 139 Å². The van der Waals surface area contributed by atoms with Gasteiger partial charge in [-0.15, -0.1) is 0 Å². The summed E-state index contributed by atoms with van der Waals surface area (Å²) in [6.45, 7) is 8.98. The van der Waals surface area contributed by atoms with Crippen LogP contribution in [0.25, 0.3) is 27.1 Å². The Hall–Kier alpha value is -7.61. The first kappa shape index (κ1) is 44.0. The molecule has 0 spiro atoms. The lowest BCUT2D eigenvalue weighted by Gasteiger charge is -2.27. The molecule has 6 rings (SSSR count). The van der Waals surface area contributed by atoms with Crippen LogP contribution < -0.4 is 15.5 Å². The highest BCUT2D eigenvalue weighted by Crippen LogP contribution is 2.50. The molecule has 2 amide bonds. The highest BCUT2D eigenvalue weighted by molar-refractivity contribution is 6.32. The molecule has 14 nitrogen and oxygen atoms in total. The molecule has 2 unspecified atom stereocenters. The van der Waals surface area contributed by atoms with Crippen LogP contribution in [0.4, 0.5) is 11.4 Å². The zero-order valence-electron chi connectivity index (χ0n) is 34.2. The third kappa shape index (κ3) is 9.55. The SMILES string of the molecule is C=C1C(/C=C/C=C/C=C/C=C2/N(CCC(=O)NC(CC(=O)O)C(=O)O)c3ccc4ccccc4c3C2(C)C)=[N+](CCC(=O)NC(CC(=O)O)C(=O)O)c2ccc3ccccc3c21. The van der Waals surface area contributed by atoms with Gasteiger partial charge in [-0.05, 0) is 45.3 Å². The number of carboxylic acid groups (broad SMARTS) is 4. The smallest absolute Gasteiger partial charge is 0.326 e. The van der Waals surface area contributed by atoms with E-state index in [-0.39, 0.29) is 25.9 Å². The van der Waals surface area contributed by atoms with Gasteiger partial charge in [-0.1, -0.05) is 105 Å². The van der Waals surface area contributed by atoms with Crippen molar-refractivity contribution in [1.82, 2.24) is 10.6 Å². The molecule has 6 N–H and O–H groups in total. The highest BCUT2D eigenvalue weighted by atomic mass is 16.4. The van der Waals surface area contributed by atoms with Crippen LogP contribution in [-0.4, -0.2) is 91.6 Å². The Balaban J connectivity index is 1.24. The number of amides is 2. The molecule has 0 fully saturated rings. The molecule has 2 aliphatic heterocycles. The minimum atomic E-state index is -1.56. The molecular weight excluding hydrogens is 793 g/mol. The summed E-state index contributed by atoms with van der Waals surface area (Å²) in [6.07, 6.45) is 11.4. The fraction of sp³-hybridized carbons (Fsp3) is 0.229. The van der Waals surface area contributed by atoms with Crippen molar-refractivity contribution in [1.29, 1.82) is 0 Å². The zero-order valence-corrected chi connectivity index (χ0v) is 34.2. The van der Waals surface area contributed by atoms with E-state index >= 15 is 0 Å². The van der Waals surface area contributed by atoms with Crippen LogP contribution >= 0.6 is 0 Å². The number of aliphatic carboxylic acids is 4. The molecule has 4 aromatic rings. The molecule has 0 aromatic heterocycles. The molecule has 2 atom stereocenters. The topological polar surface area (TPSA) is 214 Å². The number of nitrogens with zero attached hydrogens (tertiary/aromatic N) is 2. The lowest BCUT2D eigenvalue weighted by Crippen LogP contribution is -2.43. The van der Waals surface area contributed by atoms with Gasteiger partial charge >= 0.3 is 23.9 Å². The van der Waals surface area contributed by atoms with Gasteiger partial charge in [-0.3, -0.25) is 19.2 Å². The second kappa shape index (κ2) is 18.8. The largest absolute Gasteiger partial charge is 0.481 e. The molecule has 318 valence electrons. The van der Waals surface area contributed by atoms with Crippen molar-refractivity contribution >= 4 is 79.9 Å². The van der Waals surface area contributed by atoms with Crippen LogP contribution in [0.15, 0.2) is 128 Å². The third-order valence-corrected chi connectivity index (χ3v) is 11.0. The minimum absolute atomic E-state index is 0.0868. The molecule has 2 heterocycles. The Labute approximate surface area is 357 Å². The van der Waals surface area contributed by atoms with Crippen molar-refractivity contribution in [3.63, 3.8) is 0 Å². The summed E-state index contributed by atoms with van der Waals surface area (Å²) in [5.74, 6) is -6.73. The Kier molecular flexibility index (Phi) is 13.3. The van der Waals surface area contributed by atoms with E-state index in [0.717, 1.165) is 61.0 Å². The Bertz CT molecular complexity index is 2670. The van der Waals surface area contributed by atoms with Crippen LogP contribution in [0.5, 0.6) is 0 Å². The fourth-order valence-electron chi connectivity index (χ4n) is 8.13. The summed E-state index contributed by atoms with van der Waals surface area (Å²) in [5, 5.41) is 45.9. The number of carbonyl (C=O) groups excluding carboxylic acids is 2. The van der Waals surface area contributed by atoms with E-state index in [1.807, 2.05) is 119 Å². The molecule has 0 saturated heterocycles. The average Bonchev–Trinajstić information content (AvgIpc) is 3.62. The average molecular weight is 840 g/mol. The molecule has 0 saturated carbocycles. The number of hydrogen-bond donors (Lipinski definition) is 6. The van der Waals surface area contributed by atoms with Crippen LogP contribution in [-0.2, 0) is 34.2 Å². The highest BCUT2D eigenvalue weighted by Gasteiger charge is 2.41. The summed E-state index contributed by atoms with van der Waals surface area (Å²) in [4.78, 5) is 73.4. The summed E-state index contributed by atoms with van der Waals surface area (Å²) in [5.41, 5.74) is 5.59. The fourth-order valence-corrected chi connectivity index (χ4v) is 8.13. The lowest BCUT2D eigenvalue weighted by molar-refractivity contribution is -0.434. The number of anilines is 1. The third-order valence-electron chi connectivity index (χ3n) is 11.0. The maximum absolute atomic E-state index is 13.0. The number of fused-ring (bicyclic) bond motifs is 6. The van der Waals surface area contributed by atoms with Gasteiger partial charge in [-0.25, -0.2) is 9.59 Å². The van der Waals surface area contributed by atoms with Crippen LogP contribution in [0.2, 0.25) is 0 Å². The van der Waals surface area contributed by atoms with Gasteiger partial charge in [0.1, 0.15) is 12.1 Å². The van der Waals surface area contributed by atoms with Crippen LogP contribution in [0, 0.1) is 0 Å². The monoisotopic (exact) mass is 839 g/mol. The number of carboxylic acids is 4. The van der Waals surface area contributed by atoms with Crippen molar-refractivity contribution < 1.29 is 53.8 Å². The van der Waals surface area contributed by atoms with Gasteiger partial charge in [0.05, 0.1) is 30.4 Å². The lowest BCUT2D eigenvalue weighted by atomic mass is 9.81. The molecule has 62 heavy (non-hydrogen) atoms. The Morgan fingerprint density at radius 2 is 1.26 bits per heavy atom. The molecular formula is C48H47N4O10+. The van der Waals surface area contributed by atoms with Gasteiger partial charge in [0.25, 0.3) is 0 Å². The van der Waals surface area contributed by atoms with Gasteiger partial charge in [0, 0.05) is 41.9 Å². The summed E-state index contributed by atoms with van der Waals surface area (Å²) >= 11 is 0. The van der Waals surface area contributed by atoms with E-state index in [2.05, 4.69) is 37.1 Å². The second-order valence-corrected chi connectivity index (χ2v) is 15.4. The number of benzene rings is 4. The predicted octanol–water partition coefficient (Wildman–Crippen LogP) is 6.32. The van der Waals surface area contributed by atoms with Crippen molar-refractivity contribution in [2.45, 2.75) is 57.0 Å². The zero-order chi connectivity index (χ0) is 44.7. The normalized spacial score (nSPS) is 16.1. The first-order chi connectivity index (χ1) is 29.6. The first-order valence-electron chi connectivity index (χ1n) is 19.9. The maximum atomic E-state index is 13.0. The van der Waals surface area contributed by atoms with E-state index in [9.17, 15) is 39.0 Å². The van der Waals surface area contributed by atoms with E-state index in [4.69, 9.17) is 10.2 Å². The molecule has 0 radical (unpaired) electrons. The molecule has 4 aromatic carbocycles. The molecule has 0 aliphatic carbocycles. The van der Waals surface area contributed by atoms with Gasteiger partial charge in [0.2, 0.25) is 23.2 Å². The van der Waals surface area contributed by atoms with E-state index in [1.54, 1.807) is 0 Å². The first-order valence-corrected chi connectivity index (χ1v) is 19.9. The number of carbonyl (C=O) groups is 6. The number of allylic oxidation sites excluding steroid dienone is 9.